The van der Waals surface area contributed by atoms with Crippen molar-refractivity contribution in [3.63, 3.8) is 0 Å². The van der Waals surface area contributed by atoms with Gasteiger partial charge in [0.05, 0.1) is 12.5 Å². The molecule has 0 aromatic heterocycles. The van der Waals surface area contributed by atoms with Gasteiger partial charge in [0.2, 0.25) is 0 Å². The van der Waals surface area contributed by atoms with E-state index >= 15 is 0 Å². The van der Waals surface area contributed by atoms with E-state index in [1.807, 2.05) is 6.07 Å². The summed E-state index contributed by atoms with van der Waals surface area (Å²) in [6, 6.07) is 15.5. The zero-order valence-electron chi connectivity index (χ0n) is 11.1. The molecule has 0 radical (unpaired) electrons. The second kappa shape index (κ2) is 7.32. The van der Waals surface area contributed by atoms with Crippen molar-refractivity contribution in [3.8, 4) is 17.6 Å². The van der Waals surface area contributed by atoms with E-state index in [9.17, 15) is 4.79 Å². The van der Waals surface area contributed by atoms with Gasteiger partial charge in [0, 0.05) is 5.02 Å². The summed E-state index contributed by atoms with van der Waals surface area (Å²) in [5.74, 6) is 0.458. The SMILES string of the molecule is N#CCc1ccc(OC(=O)COc2ccc(Cl)cc2)cc1. The number of halogens is 1. The summed E-state index contributed by atoms with van der Waals surface area (Å²) < 4.78 is 10.4. The van der Waals surface area contributed by atoms with Gasteiger partial charge < -0.3 is 9.47 Å². The molecular weight excluding hydrogens is 290 g/mol. The second-order valence-electron chi connectivity index (χ2n) is 4.20. The lowest BCUT2D eigenvalue weighted by Crippen LogP contribution is -2.17. The lowest BCUT2D eigenvalue weighted by molar-refractivity contribution is -0.136. The molecule has 0 unspecified atom stereocenters. The number of ether oxygens (including phenoxy) is 2. The summed E-state index contributed by atoms with van der Waals surface area (Å²) in [5, 5.41) is 9.17. The van der Waals surface area contributed by atoms with E-state index in [2.05, 4.69) is 0 Å². The van der Waals surface area contributed by atoms with Crippen LogP contribution in [0.3, 0.4) is 0 Å². The van der Waals surface area contributed by atoms with Crippen molar-refractivity contribution in [2.75, 3.05) is 6.61 Å². The van der Waals surface area contributed by atoms with Gasteiger partial charge in [-0.2, -0.15) is 5.26 Å². The van der Waals surface area contributed by atoms with Crippen LogP contribution in [0.25, 0.3) is 0 Å². The van der Waals surface area contributed by atoms with E-state index in [0.717, 1.165) is 5.56 Å². The molecule has 0 bridgehead atoms. The second-order valence-corrected chi connectivity index (χ2v) is 4.63. The third-order valence-electron chi connectivity index (χ3n) is 2.61. The van der Waals surface area contributed by atoms with Gasteiger partial charge >= 0.3 is 5.97 Å². The Morgan fingerprint density at radius 3 is 2.29 bits per heavy atom. The van der Waals surface area contributed by atoms with Crippen LogP contribution < -0.4 is 9.47 Å². The molecule has 0 heterocycles. The normalized spacial score (nSPS) is 9.71. The number of rotatable bonds is 5. The van der Waals surface area contributed by atoms with Crippen LogP contribution in [-0.4, -0.2) is 12.6 Å². The van der Waals surface area contributed by atoms with Crippen LogP contribution in [0, 0.1) is 11.3 Å². The number of nitrogens with zero attached hydrogens (tertiary/aromatic N) is 1. The lowest BCUT2D eigenvalue weighted by Gasteiger charge is -2.07. The quantitative estimate of drug-likeness (QED) is 0.627. The molecule has 0 amide bonds. The van der Waals surface area contributed by atoms with Gasteiger partial charge in [-0.1, -0.05) is 23.7 Å². The highest BCUT2D eigenvalue weighted by molar-refractivity contribution is 6.30. The van der Waals surface area contributed by atoms with Gasteiger partial charge in [-0.15, -0.1) is 0 Å². The van der Waals surface area contributed by atoms with Crippen molar-refractivity contribution in [2.24, 2.45) is 0 Å². The van der Waals surface area contributed by atoms with Crippen LogP contribution in [0.4, 0.5) is 0 Å². The predicted octanol–water partition coefficient (Wildman–Crippen LogP) is 3.39. The van der Waals surface area contributed by atoms with Crippen LogP contribution in [0.1, 0.15) is 5.56 Å². The van der Waals surface area contributed by atoms with Crippen molar-refractivity contribution in [1.82, 2.24) is 0 Å². The van der Waals surface area contributed by atoms with Gasteiger partial charge in [-0.25, -0.2) is 4.79 Å². The van der Waals surface area contributed by atoms with Gasteiger partial charge in [-0.05, 0) is 42.0 Å². The summed E-state index contributed by atoms with van der Waals surface area (Å²) in [6.07, 6.45) is 0.327. The summed E-state index contributed by atoms with van der Waals surface area (Å²) >= 11 is 5.75. The zero-order valence-corrected chi connectivity index (χ0v) is 11.8. The number of benzene rings is 2. The predicted molar refractivity (Wildman–Crippen MR) is 78.3 cm³/mol. The molecular formula is C16H12ClNO3. The van der Waals surface area contributed by atoms with E-state index in [4.69, 9.17) is 26.3 Å². The standard InChI is InChI=1S/C16H12ClNO3/c17-13-3-7-14(8-4-13)20-11-16(19)21-15-5-1-12(2-6-15)9-10-18/h1-8H,9,11H2. The zero-order chi connectivity index (χ0) is 15.1. The molecule has 5 heteroatoms. The van der Waals surface area contributed by atoms with Gasteiger partial charge in [0.1, 0.15) is 11.5 Å². The van der Waals surface area contributed by atoms with Gasteiger partial charge in [0.15, 0.2) is 6.61 Å². The Morgan fingerprint density at radius 2 is 1.67 bits per heavy atom. The largest absolute Gasteiger partial charge is 0.482 e. The first-order valence-electron chi connectivity index (χ1n) is 6.22. The molecule has 0 aliphatic rings. The van der Waals surface area contributed by atoms with E-state index in [1.165, 1.54) is 0 Å². The maximum absolute atomic E-state index is 11.6. The summed E-state index contributed by atoms with van der Waals surface area (Å²) in [6.45, 7) is -0.193. The van der Waals surface area contributed by atoms with Crippen molar-refractivity contribution < 1.29 is 14.3 Å². The molecule has 0 spiro atoms. The average molecular weight is 302 g/mol. The number of nitriles is 1. The number of esters is 1. The van der Waals surface area contributed by atoms with Crippen LogP contribution in [0.5, 0.6) is 11.5 Å². The molecule has 0 atom stereocenters. The molecule has 0 saturated heterocycles. The minimum absolute atomic E-state index is 0.193. The first kappa shape index (κ1) is 14.9. The van der Waals surface area contributed by atoms with E-state index in [1.54, 1.807) is 48.5 Å². The fourth-order valence-corrected chi connectivity index (χ4v) is 1.73. The topological polar surface area (TPSA) is 59.3 Å². The molecule has 2 aromatic rings. The Balaban J connectivity index is 1.84. The maximum Gasteiger partial charge on any atom is 0.349 e. The Morgan fingerprint density at radius 1 is 1.05 bits per heavy atom. The molecule has 0 aliphatic carbocycles. The van der Waals surface area contributed by atoms with E-state index in [-0.39, 0.29) is 6.61 Å². The smallest absolute Gasteiger partial charge is 0.349 e. The molecule has 0 saturated carbocycles. The lowest BCUT2D eigenvalue weighted by atomic mass is 10.2. The molecule has 4 nitrogen and oxygen atoms in total. The van der Waals surface area contributed by atoms with Crippen LogP contribution >= 0.6 is 11.6 Å². The van der Waals surface area contributed by atoms with Crippen LogP contribution in [0.2, 0.25) is 5.02 Å². The molecule has 0 fully saturated rings. The Kier molecular flexibility index (Phi) is 5.19. The highest BCUT2D eigenvalue weighted by atomic mass is 35.5. The summed E-state index contributed by atoms with van der Waals surface area (Å²) in [4.78, 5) is 11.6. The monoisotopic (exact) mass is 301 g/mol. The Bertz CT molecular complexity index is 645. The minimum atomic E-state index is -0.502. The van der Waals surface area contributed by atoms with E-state index < -0.39 is 5.97 Å². The summed E-state index contributed by atoms with van der Waals surface area (Å²) in [5.41, 5.74) is 0.870. The molecule has 0 N–H and O–H groups in total. The minimum Gasteiger partial charge on any atom is -0.482 e. The van der Waals surface area contributed by atoms with Crippen molar-refractivity contribution in [3.05, 3.63) is 59.1 Å². The Labute approximate surface area is 127 Å². The van der Waals surface area contributed by atoms with Crippen LogP contribution in [0.15, 0.2) is 48.5 Å². The number of hydrogen-bond donors (Lipinski definition) is 0. The molecule has 21 heavy (non-hydrogen) atoms. The highest BCUT2D eigenvalue weighted by Gasteiger charge is 2.06. The number of hydrogen-bond acceptors (Lipinski definition) is 4. The number of carbonyl (C=O) groups is 1. The summed E-state index contributed by atoms with van der Waals surface area (Å²) in [7, 11) is 0. The van der Waals surface area contributed by atoms with Crippen LogP contribution in [-0.2, 0) is 11.2 Å². The fraction of sp³-hybridized carbons (Fsp3) is 0.125. The molecule has 2 aromatic carbocycles. The maximum atomic E-state index is 11.6. The van der Waals surface area contributed by atoms with Crippen molar-refractivity contribution in [2.45, 2.75) is 6.42 Å². The molecule has 2 rings (SSSR count). The third-order valence-corrected chi connectivity index (χ3v) is 2.86. The van der Waals surface area contributed by atoms with Gasteiger partial charge in [-0.3, -0.25) is 0 Å². The first-order chi connectivity index (χ1) is 10.2. The Hall–Kier alpha value is -2.51. The third kappa shape index (κ3) is 4.83. The molecule has 0 aliphatic heterocycles. The average Bonchev–Trinajstić information content (AvgIpc) is 2.49. The fourth-order valence-electron chi connectivity index (χ4n) is 1.60. The van der Waals surface area contributed by atoms with Crippen molar-refractivity contribution >= 4 is 17.6 Å². The number of carbonyl (C=O) groups excluding carboxylic acids is 1. The van der Waals surface area contributed by atoms with Crippen molar-refractivity contribution in [1.29, 1.82) is 5.26 Å². The first-order valence-corrected chi connectivity index (χ1v) is 6.60. The molecule has 106 valence electrons. The van der Waals surface area contributed by atoms with Gasteiger partial charge in [0.25, 0.3) is 0 Å². The van der Waals surface area contributed by atoms with E-state index in [0.29, 0.717) is 22.9 Å². The highest BCUT2D eigenvalue weighted by Crippen LogP contribution is 2.16.